The minimum atomic E-state index is -4.64. The Hall–Kier alpha value is -2.34. The average Bonchev–Trinajstić information content (AvgIpc) is 3.26. The van der Waals surface area contributed by atoms with E-state index in [2.05, 4.69) is 30.5 Å². The zero-order valence-electron chi connectivity index (χ0n) is 16.9. The van der Waals surface area contributed by atoms with E-state index < -0.39 is 35.9 Å². The van der Waals surface area contributed by atoms with Gasteiger partial charge in [0.1, 0.15) is 11.4 Å². The molecule has 12 heteroatoms. The number of nitrogens with zero attached hydrogens (tertiary/aromatic N) is 4. The maximum absolute atomic E-state index is 13.9. The van der Waals surface area contributed by atoms with Gasteiger partial charge in [-0.25, -0.2) is 23.7 Å². The van der Waals surface area contributed by atoms with Crippen molar-refractivity contribution in [2.24, 2.45) is 21.6 Å². The molecule has 0 spiro atoms. The Morgan fingerprint density at radius 1 is 1.26 bits per heavy atom. The van der Waals surface area contributed by atoms with Crippen molar-refractivity contribution < 1.29 is 22.0 Å². The second kappa shape index (κ2) is 7.66. The number of halogens is 5. The second-order valence-corrected chi connectivity index (χ2v) is 8.42. The lowest BCUT2D eigenvalue weighted by Gasteiger charge is -2.38. The van der Waals surface area contributed by atoms with Crippen molar-refractivity contribution in [2.75, 3.05) is 20.1 Å². The fraction of sp³-hybridized carbons (Fsp3) is 0.632. The lowest BCUT2D eigenvalue weighted by atomic mass is 9.98. The highest BCUT2D eigenvalue weighted by atomic mass is 19.4. The van der Waals surface area contributed by atoms with Gasteiger partial charge in [-0.05, 0) is 38.6 Å². The van der Waals surface area contributed by atoms with E-state index in [1.54, 1.807) is 0 Å². The normalized spacial score (nSPS) is 32.6. The third-order valence-corrected chi connectivity index (χ3v) is 5.84. The molecule has 3 aliphatic rings. The monoisotopic (exact) mass is 445 g/mol. The highest BCUT2D eigenvalue weighted by Gasteiger charge is 2.50. The van der Waals surface area contributed by atoms with E-state index in [4.69, 9.17) is 5.73 Å². The molecule has 1 saturated carbocycles. The van der Waals surface area contributed by atoms with Gasteiger partial charge in [0.05, 0.1) is 6.04 Å². The number of likely N-dealkylation sites (tertiary alicyclic amines) is 1. The maximum atomic E-state index is 13.9. The van der Waals surface area contributed by atoms with E-state index in [-0.39, 0.29) is 36.4 Å². The zero-order chi connectivity index (χ0) is 22.4. The molecule has 1 aromatic heterocycles. The molecule has 2 fully saturated rings. The molecule has 170 valence electrons. The number of aliphatic imine (C=N–C) groups is 2. The average molecular weight is 445 g/mol. The number of nitrogens with two attached hydrogens (primary N) is 1. The van der Waals surface area contributed by atoms with E-state index in [9.17, 15) is 22.0 Å². The van der Waals surface area contributed by atoms with Crippen molar-refractivity contribution in [3.05, 3.63) is 29.6 Å². The first-order valence-electron chi connectivity index (χ1n) is 10.1. The summed E-state index contributed by atoms with van der Waals surface area (Å²) in [6.07, 6.45) is -4.51. The molecule has 2 aliphatic heterocycles. The highest BCUT2D eigenvalue weighted by molar-refractivity contribution is 6.09. The number of alkyl halides is 5. The van der Waals surface area contributed by atoms with Crippen LogP contribution in [-0.4, -0.2) is 59.6 Å². The van der Waals surface area contributed by atoms with Crippen molar-refractivity contribution in [3.8, 4) is 0 Å². The second-order valence-electron chi connectivity index (χ2n) is 8.42. The number of pyridine rings is 1. The Morgan fingerprint density at radius 2 is 2.03 bits per heavy atom. The Balaban J connectivity index is 1.70. The minimum absolute atomic E-state index is 0.0346. The quantitative estimate of drug-likeness (QED) is 0.621. The Morgan fingerprint density at radius 3 is 2.65 bits per heavy atom. The Bertz CT molecular complexity index is 900. The van der Waals surface area contributed by atoms with Crippen LogP contribution < -0.4 is 16.4 Å². The predicted molar refractivity (Wildman–Crippen MR) is 105 cm³/mol. The van der Waals surface area contributed by atoms with Gasteiger partial charge in [-0.15, -0.1) is 0 Å². The predicted octanol–water partition coefficient (Wildman–Crippen LogP) is 2.15. The molecule has 1 aromatic rings. The Kier molecular flexibility index (Phi) is 5.41. The molecule has 3 atom stereocenters. The highest BCUT2D eigenvalue weighted by Crippen LogP contribution is 2.43. The van der Waals surface area contributed by atoms with Crippen LogP contribution in [0.2, 0.25) is 0 Å². The van der Waals surface area contributed by atoms with Crippen molar-refractivity contribution in [1.82, 2.24) is 20.5 Å². The molecule has 3 heterocycles. The lowest BCUT2D eigenvalue weighted by molar-refractivity contribution is -0.141. The first-order valence-corrected chi connectivity index (χ1v) is 10.1. The maximum Gasteiger partial charge on any atom is 0.433 e. The third kappa shape index (κ3) is 4.79. The first kappa shape index (κ1) is 21.9. The van der Waals surface area contributed by atoms with Gasteiger partial charge in [-0.2, -0.15) is 13.2 Å². The summed E-state index contributed by atoms with van der Waals surface area (Å²) >= 11 is 0. The standard InChI is InChI=1S/C19H24F5N7/c1-31-8-6-12(10-31)26-16-28-15(13-3-2-4-14(27-13)18(22,23)24)29-19(25,30-16)11-5-7-17(20,21)9-11/h2-4,11-12H,5-10,25H2,1H3,(H2,26,28,29,30). The van der Waals surface area contributed by atoms with Gasteiger partial charge in [0.2, 0.25) is 5.92 Å². The number of likely N-dealkylation sites (N-methyl/N-ethyl adjacent to an activating group) is 1. The molecule has 3 unspecified atom stereocenters. The molecule has 4 rings (SSSR count). The number of hydrogen-bond donors (Lipinski definition) is 3. The molecular formula is C19H24F5N7. The fourth-order valence-corrected chi connectivity index (χ4v) is 4.20. The van der Waals surface area contributed by atoms with Crippen LogP contribution in [0.5, 0.6) is 0 Å². The number of hydrogen-bond acceptors (Lipinski definition) is 5. The number of rotatable bonds is 3. The summed E-state index contributed by atoms with van der Waals surface area (Å²) in [5.41, 5.74) is 5.24. The van der Waals surface area contributed by atoms with Crippen LogP contribution in [0.3, 0.4) is 0 Å². The van der Waals surface area contributed by atoms with Gasteiger partial charge < -0.3 is 15.5 Å². The van der Waals surface area contributed by atoms with Gasteiger partial charge in [0.15, 0.2) is 17.6 Å². The third-order valence-electron chi connectivity index (χ3n) is 5.84. The lowest BCUT2D eigenvalue weighted by Crippen LogP contribution is -2.66. The smallest absolute Gasteiger partial charge is 0.319 e. The van der Waals surface area contributed by atoms with Crippen LogP contribution in [0.15, 0.2) is 28.2 Å². The van der Waals surface area contributed by atoms with Crippen molar-refractivity contribution in [1.29, 1.82) is 0 Å². The molecule has 7 nitrogen and oxygen atoms in total. The van der Waals surface area contributed by atoms with E-state index in [0.717, 1.165) is 19.0 Å². The molecular weight excluding hydrogens is 421 g/mol. The summed E-state index contributed by atoms with van der Waals surface area (Å²) in [5, 5.41) is 5.79. The van der Waals surface area contributed by atoms with E-state index in [0.29, 0.717) is 6.54 Å². The van der Waals surface area contributed by atoms with Crippen molar-refractivity contribution in [3.63, 3.8) is 0 Å². The summed E-state index contributed by atoms with van der Waals surface area (Å²) in [6, 6.07) is 3.35. The molecule has 0 bridgehead atoms. The van der Waals surface area contributed by atoms with Crippen LogP contribution >= 0.6 is 0 Å². The number of guanidine groups is 1. The summed E-state index contributed by atoms with van der Waals surface area (Å²) in [4.78, 5) is 14.6. The Labute approximate surface area is 176 Å². The van der Waals surface area contributed by atoms with Crippen LogP contribution in [0.4, 0.5) is 22.0 Å². The van der Waals surface area contributed by atoms with Gasteiger partial charge in [-0.1, -0.05) is 6.07 Å². The summed E-state index contributed by atoms with van der Waals surface area (Å²) < 4.78 is 67.1. The molecule has 0 amide bonds. The van der Waals surface area contributed by atoms with E-state index in [1.165, 1.54) is 12.1 Å². The zero-order valence-corrected chi connectivity index (χ0v) is 16.9. The molecule has 1 saturated heterocycles. The number of amidine groups is 1. The first-order chi connectivity index (χ1) is 14.4. The molecule has 31 heavy (non-hydrogen) atoms. The fourth-order valence-electron chi connectivity index (χ4n) is 4.20. The van der Waals surface area contributed by atoms with E-state index in [1.807, 2.05) is 7.05 Å². The van der Waals surface area contributed by atoms with Crippen LogP contribution in [-0.2, 0) is 6.18 Å². The SMILES string of the molecule is CN1CCC(N=C2NC(c3cccc(C(F)(F)F)n3)=NC(N)(C3CCC(F)(F)C3)N2)C1. The van der Waals surface area contributed by atoms with Crippen LogP contribution in [0.1, 0.15) is 37.1 Å². The molecule has 1 aliphatic carbocycles. The molecule has 4 N–H and O–H groups in total. The van der Waals surface area contributed by atoms with Gasteiger partial charge in [-0.3, -0.25) is 5.73 Å². The summed E-state index contributed by atoms with van der Waals surface area (Å²) in [7, 11) is 1.95. The number of aromatic nitrogens is 1. The van der Waals surface area contributed by atoms with Crippen molar-refractivity contribution in [2.45, 2.75) is 49.6 Å². The summed E-state index contributed by atoms with van der Waals surface area (Å²) in [5.74, 6) is -5.06. The minimum Gasteiger partial charge on any atom is -0.319 e. The molecule has 0 aromatic carbocycles. The van der Waals surface area contributed by atoms with Crippen molar-refractivity contribution >= 4 is 11.8 Å². The topological polar surface area (TPSA) is 90.9 Å². The summed E-state index contributed by atoms with van der Waals surface area (Å²) in [6.45, 7) is 1.54. The van der Waals surface area contributed by atoms with E-state index >= 15 is 0 Å². The number of nitrogens with one attached hydrogen (secondary N) is 2. The largest absolute Gasteiger partial charge is 0.433 e. The van der Waals surface area contributed by atoms with Gasteiger partial charge in [0.25, 0.3) is 0 Å². The molecule has 0 radical (unpaired) electrons. The van der Waals surface area contributed by atoms with Crippen LogP contribution in [0.25, 0.3) is 0 Å². The van der Waals surface area contributed by atoms with Crippen LogP contribution in [0, 0.1) is 5.92 Å². The van der Waals surface area contributed by atoms with Gasteiger partial charge in [0, 0.05) is 25.3 Å². The van der Waals surface area contributed by atoms with Gasteiger partial charge >= 0.3 is 6.18 Å².